The molecule has 0 saturated carbocycles. The van der Waals surface area contributed by atoms with E-state index in [0.29, 0.717) is 11.8 Å². The fourth-order valence-electron chi connectivity index (χ4n) is 3.51. The second-order valence-electron chi connectivity index (χ2n) is 5.61. The van der Waals surface area contributed by atoms with Gasteiger partial charge in [-0.25, -0.2) is 0 Å². The van der Waals surface area contributed by atoms with E-state index in [-0.39, 0.29) is 0 Å². The van der Waals surface area contributed by atoms with E-state index in [1.165, 1.54) is 11.1 Å². The van der Waals surface area contributed by atoms with Crippen molar-refractivity contribution in [3.8, 4) is 11.5 Å². The summed E-state index contributed by atoms with van der Waals surface area (Å²) in [6.07, 6.45) is 0. The highest BCUT2D eigenvalue weighted by atomic mass is 16.5. The molecule has 1 saturated heterocycles. The van der Waals surface area contributed by atoms with Gasteiger partial charge >= 0.3 is 0 Å². The lowest BCUT2D eigenvalue weighted by atomic mass is 9.84. The fourth-order valence-corrected chi connectivity index (χ4v) is 3.51. The molecule has 0 spiro atoms. The smallest absolute Gasteiger partial charge is 0.130 e. The zero-order valence-corrected chi connectivity index (χ0v) is 11.0. The van der Waals surface area contributed by atoms with Crippen LogP contribution < -0.4 is 4.74 Å². The average Bonchev–Trinajstić information content (AvgIpc) is 2.76. The fraction of sp³-hybridized carbons (Fsp3) is 0.294. The maximum absolute atomic E-state index is 6.16. The van der Waals surface area contributed by atoms with Gasteiger partial charge in [-0.15, -0.1) is 0 Å². The Labute approximate surface area is 113 Å². The molecular formula is C17H17NO. The van der Waals surface area contributed by atoms with Crippen molar-refractivity contribution >= 4 is 0 Å². The second-order valence-corrected chi connectivity index (χ2v) is 5.61. The van der Waals surface area contributed by atoms with Crippen LogP contribution in [0.15, 0.2) is 48.5 Å². The molecule has 0 aromatic heterocycles. The molecule has 2 heteroatoms. The summed E-state index contributed by atoms with van der Waals surface area (Å²) in [5, 5.41) is 0. The van der Waals surface area contributed by atoms with Crippen molar-refractivity contribution in [2.24, 2.45) is 0 Å². The van der Waals surface area contributed by atoms with Gasteiger partial charge in [-0.2, -0.15) is 0 Å². The Kier molecular flexibility index (Phi) is 2.39. The van der Waals surface area contributed by atoms with Crippen molar-refractivity contribution in [1.82, 2.24) is 4.90 Å². The van der Waals surface area contributed by atoms with Gasteiger partial charge in [0.2, 0.25) is 0 Å². The summed E-state index contributed by atoms with van der Waals surface area (Å²) < 4.78 is 6.16. The topological polar surface area (TPSA) is 12.5 Å². The number of para-hydroxylation sites is 2. The predicted molar refractivity (Wildman–Crippen MR) is 75.9 cm³/mol. The first kappa shape index (κ1) is 11.1. The largest absolute Gasteiger partial charge is 0.457 e. The lowest BCUT2D eigenvalue weighted by Gasteiger charge is -2.16. The van der Waals surface area contributed by atoms with Crippen LogP contribution in [0.5, 0.6) is 11.5 Å². The van der Waals surface area contributed by atoms with Gasteiger partial charge in [-0.05, 0) is 30.3 Å². The summed E-state index contributed by atoms with van der Waals surface area (Å²) in [6.45, 7) is 2.22. The van der Waals surface area contributed by atoms with E-state index in [2.05, 4.69) is 60.5 Å². The third-order valence-electron chi connectivity index (χ3n) is 4.36. The molecule has 0 radical (unpaired) electrons. The molecule has 0 aliphatic carbocycles. The summed E-state index contributed by atoms with van der Waals surface area (Å²) in [5.74, 6) is 3.14. The molecule has 2 aliphatic rings. The molecular weight excluding hydrogens is 234 g/mol. The van der Waals surface area contributed by atoms with Gasteiger partial charge in [-0.1, -0.05) is 36.4 Å². The van der Waals surface area contributed by atoms with E-state index in [0.717, 1.165) is 24.6 Å². The van der Waals surface area contributed by atoms with Crippen LogP contribution in [-0.2, 0) is 0 Å². The third-order valence-corrected chi connectivity index (χ3v) is 4.36. The predicted octanol–water partition coefficient (Wildman–Crippen LogP) is 3.61. The van der Waals surface area contributed by atoms with Crippen LogP contribution in [0, 0.1) is 0 Å². The molecule has 0 unspecified atom stereocenters. The summed E-state index contributed by atoms with van der Waals surface area (Å²) in [6, 6.07) is 17.0. The van der Waals surface area contributed by atoms with Crippen LogP contribution >= 0.6 is 0 Å². The van der Waals surface area contributed by atoms with E-state index in [1.807, 2.05) is 0 Å². The van der Waals surface area contributed by atoms with Crippen molar-refractivity contribution in [3.63, 3.8) is 0 Å². The number of rotatable bonds is 0. The van der Waals surface area contributed by atoms with E-state index < -0.39 is 0 Å². The van der Waals surface area contributed by atoms with Crippen LogP contribution in [0.2, 0.25) is 0 Å². The Morgan fingerprint density at radius 3 is 1.84 bits per heavy atom. The van der Waals surface area contributed by atoms with Crippen LogP contribution in [0.4, 0.5) is 0 Å². The monoisotopic (exact) mass is 251 g/mol. The molecule has 2 heterocycles. The van der Waals surface area contributed by atoms with E-state index in [4.69, 9.17) is 4.74 Å². The van der Waals surface area contributed by atoms with E-state index in [9.17, 15) is 0 Å². The number of likely N-dealkylation sites (tertiary alicyclic amines) is 1. The number of hydrogen-bond acceptors (Lipinski definition) is 2. The maximum Gasteiger partial charge on any atom is 0.130 e. The van der Waals surface area contributed by atoms with Crippen molar-refractivity contribution < 1.29 is 4.74 Å². The SMILES string of the molecule is CN1C[C@@H]2c3ccccc3Oc3ccccc3[C@@H]2C1. The summed E-state index contributed by atoms with van der Waals surface area (Å²) in [7, 11) is 2.21. The third kappa shape index (κ3) is 1.67. The normalized spacial score (nSPS) is 24.9. The van der Waals surface area contributed by atoms with Crippen LogP contribution in [0.3, 0.4) is 0 Å². The molecule has 96 valence electrons. The van der Waals surface area contributed by atoms with Crippen LogP contribution in [0.1, 0.15) is 23.0 Å². The summed E-state index contributed by atoms with van der Waals surface area (Å²) >= 11 is 0. The Bertz CT molecular complexity index is 569. The van der Waals surface area contributed by atoms with Crippen molar-refractivity contribution in [2.75, 3.05) is 20.1 Å². The van der Waals surface area contributed by atoms with Gasteiger partial charge in [0.25, 0.3) is 0 Å². The Morgan fingerprint density at radius 1 is 0.842 bits per heavy atom. The van der Waals surface area contributed by atoms with E-state index in [1.54, 1.807) is 0 Å². The number of hydrogen-bond donors (Lipinski definition) is 0. The van der Waals surface area contributed by atoms with Crippen molar-refractivity contribution in [3.05, 3.63) is 59.7 Å². The molecule has 2 aromatic carbocycles. The summed E-state index contributed by atoms with van der Waals surface area (Å²) in [4.78, 5) is 2.42. The highest BCUT2D eigenvalue weighted by Gasteiger charge is 2.38. The van der Waals surface area contributed by atoms with Gasteiger partial charge < -0.3 is 9.64 Å². The first-order chi connectivity index (χ1) is 9.33. The highest BCUT2D eigenvalue weighted by molar-refractivity contribution is 5.50. The van der Waals surface area contributed by atoms with Gasteiger partial charge in [0, 0.05) is 24.9 Å². The molecule has 2 nitrogen and oxygen atoms in total. The highest BCUT2D eigenvalue weighted by Crippen LogP contribution is 2.49. The molecule has 4 rings (SSSR count). The number of ether oxygens (including phenoxy) is 1. The van der Waals surface area contributed by atoms with Crippen LogP contribution in [0.25, 0.3) is 0 Å². The number of nitrogens with zero attached hydrogens (tertiary/aromatic N) is 1. The van der Waals surface area contributed by atoms with Crippen molar-refractivity contribution in [1.29, 1.82) is 0 Å². The minimum Gasteiger partial charge on any atom is -0.457 e. The second kappa shape index (κ2) is 4.10. The molecule has 0 N–H and O–H groups in total. The molecule has 19 heavy (non-hydrogen) atoms. The summed E-state index contributed by atoms with van der Waals surface area (Å²) in [5.41, 5.74) is 2.71. The average molecular weight is 251 g/mol. The number of benzene rings is 2. The molecule has 2 aliphatic heterocycles. The Balaban J connectivity index is 1.93. The van der Waals surface area contributed by atoms with Gasteiger partial charge in [0.05, 0.1) is 0 Å². The maximum atomic E-state index is 6.16. The van der Waals surface area contributed by atoms with E-state index >= 15 is 0 Å². The van der Waals surface area contributed by atoms with Gasteiger partial charge in [-0.3, -0.25) is 0 Å². The molecule has 0 bridgehead atoms. The lowest BCUT2D eigenvalue weighted by molar-refractivity contribution is 0.401. The zero-order valence-electron chi connectivity index (χ0n) is 11.0. The minimum absolute atomic E-state index is 0.546. The first-order valence-corrected chi connectivity index (χ1v) is 6.87. The van der Waals surface area contributed by atoms with Gasteiger partial charge in [0.1, 0.15) is 11.5 Å². The van der Waals surface area contributed by atoms with Crippen LogP contribution in [-0.4, -0.2) is 25.0 Å². The minimum atomic E-state index is 0.546. The quantitative estimate of drug-likeness (QED) is 0.709. The van der Waals surface area contributed by atoms with Crippen molar-refractivity contribution in [2.45, 2.75) is 11.8 Å². The molecule has 1 fully saturated rings. The zero-order chi connectivity index (χ0) is 12.8. The lowest BCUT2D eigenvalue weighted by Crippen LogP contribution is -2.14. The Morgan fingerprint density at radius 2 is 1.32 bits per heavy atom. The van der Waals surface area contributed by atoms with Gasteiger partial charge in [0.15, 0.2) is 0 Å². The molecule has 0 amide bonds. The number of fused-ring (bicyclic) bond motifs is 5. The number of likely N-dealkylation sites (N-methyl/N-ethyl adjacent to an activating group) is 1. The molecule has 2 aromatic rings. The Hall–Kier alpha value is -1.80. The standard InChI is InChI=1S/C17H17NO/c1-18-10-14-12-6-2-4-8-16(12)19-17-9-5-3-7-13(17)15(14)11-18/h2-9,14-15H,10-11H2,1H3/t14-,15+. The first-order valence-electron chi connectivity index (χ1n) is 6.87. The molecule has 2 atom stereocenters.